The van der Waals surface area contributed by atoms with E-state index in [1.165, 1.54) is 0 Å². The van der Waals surface area contributed by atoms with Crippen molar-refractivity contribution < 1.29 is 14.6 Å². The molecule has 0 fully saturated rings. The number of aliphatic hydroxyl groups excluding tert-OH is 1. The van der Waals surface area contributed by atoms with Crippen molar-refractivity contribution in [2.75, 3.05) is 6.61 Å². The van der Waals surface area contributed by atoms with E-state index in [0.29, 0.717) is 13.0 Å². The number of nitrogens with one attached hydrogen (secondary N) is 1. The van der Waals surface area contributed by atoms with Crippen LogP contribution in [0.3, 0.4) is 0 Å². The number of carbonyl (C=O) groups excluding carboxylic acids is 1. The van der Waals surface area contributed by atoms with Crippen molar-refractivity contribution in [3.8, 4) is 5.75 Å². The average Bonchev–Trinajstić information content (AvgIpc) is 2.36. The van der Waals surface area contributed by atoms with E-state index in [-0.39, 0.29) is 12.3 Å². The van der Waals surface area contributed by atoms with Crippen LogP contribution in [-0.4, -0.2) is 17.6 Å². The molecule has 0 aliphatic carbocycles. The zero-order chi connectivity index (χ0) is 12.7. The highest BCUT2D eigenvalue weighted by atomic mass is 16.5. The zero-order valence-electron chi connectivity index (χ0n) is 9.85. The molecule has 4 N–H and O–H groups in total. The summed E-state index contributed by atoms with van der Waals surface area (Å²) in [4.78, 5) is 10.9. The SMILES string of the molecule is CCOc1ccc(C(O)CCC(=O)NN)cc1. The van der Waals surface area contributed by atoms with Crippen LogP contribution >= 0.6 is 0 Å². The van der Waals surface area contributed by atoms with E-state index in [4.69, 9.17) is 10.6 Å². The van der Waals surface area contributed by atoms with Gasteiger partial charge in [0.1, 0.15) is 5.75 Å². The molecule has 1 aromatic rings. The van der Waals surface area contributed by atoms with Gasteiger partial charge in [0.25, 0.3) is 0 Å². The second-order valence-electron chi connectivity index (χ2n) is 3.62. The highest BCUT2D eigenvalue weighted by Crippen LogP contribution is 2.21. The highest BCUT2D eigenvalue weighted by Gasteiger charge is 2.09. The highest BCUT2D eigenvalue weighted by molar-refractivity contribution is 5.75. The van der Waals surface area contributed by atoms with Gasteiger partial charge >= 0.3 is 0 Å². The smallest absolute Gasteiger partial charge is 0.233 e. The van der Waals surface area contributed by atoms with Gasteiger partial charge in [0.2, 0.25) is 5.91 Å². The number of ether oxygens (including phenoxy) is 1. The minimum absolute atomic E-state index is 0.199. The Hall–Kier alpha value is -1.59. The molecule has 0 aliphatic rings. The Morgan fingerprint density at radius 2 is 2.12 bits per heavy atom. The third kappa shape index (κ3) is 4.42. The number of aliphatic hydroxyl groups is 1. The number of carbonyl (C=O) groups is 1. The first-order valence-corrected chi connectivity index (χ1v) is 5.57. The fourth-order valence-corrected chi connectivity index (χ4v) is 1.46. The monoisotopic (exact) mass is 238 g/mol. The van der Waals surface area contributed by atoms with Gasteiger partial charge < -0.3 is 9.84 Å². The second kappa shape index (κ2) is 6.88. The Bertz CT molecular complexity index is 351. The summed E-state index contributed by atoms with van der Waals surface area (Å²) in [5.41, 5.74) is 2.79. The minimum Gasteiger partial charge on any atom is -0.494 e. The number of hydrazine groups is 1. The molecule has 0 aromatic heterocycles. The summed E-state index contributed by atoms with van der Waals surface area (Å²) < 4.78 is 5.29. The first-order chi connectivity index (χ1) is 8.17. The molecular formula is C12H18N2O3. The Kier molecular flexibility index (Phi) is 5.45. The molecular weight excluding hydrogens is 220 g/mol. The molecule has 0 spiro atoms. The Balaban J connectivity index is 2.51. The van der Waals surface area contributed by atoms with Gasteiger partial charge in [0.15, 0.2) is 0 Å². The molecule has 94 valence electrons. The van der Waals surface area contributed by atoms with Gasteiger partial charge in [-0.1, -0.05) is 12.1 Å². The predicted octanol–water partition coefficient (Wildman–Crippen LogP) is 0.889. The van der Waals surface area contributed by atoms with Gasteiger partial charge in [0, 0.05) is 6.42 Å². The number of hydrogen-bond acceptors (Lipinski definition) is 4. The summed E-state index contributed by atoms with van der Waals surface area (Å²) in [5, 5.41) is 9.82. The number of nitrogens with two attached hydrogens (primary N) is 1. The molecule has 0 saturated heterocycles. The van der Waals surface area contributed by atoms with Crippen molar-refractivity contribution in [1.29, 1.82) is 0 Å². The first-order valence-electron chi connectivity index (χ1n) is 5.57. The van der Waals surface area contributed by atoms with Crippen molar-refractivity contribution in [2.24, 2.45) is 5.84 Å². The standard InChI is InChI=1S/C12H18N2O3/c1-2-17-10-5-3-9(4-6-10)11(15)7-8-12(16)14-13/h3-6,11,15H,2,7-8,13H2,1H3,(H,14,16). The molecule has 17 heavy (non-hydrogen) atoms. The van der Waals surface area contributed by atoms with E-state index in [9.17, 15) is 9.90 Å². The molecule has 0 aliphatic heterocycles. The third-order valence-electron chi connectivity index (χ3n) is 2.38. The van der Waals surface area contributed by atoms with E-state index in [1.807, 2.05) is 12.3 Å². The van der Waals surface area contributed by atoms with Crippen LogP contribution in [0.25, 0.3) is 0 Å². The van der Waals surface area contributed by atoms with Crippen LogP contribution in [0.4, 0.5) is 0 Å². The maximum Gasteiger partial charge on any atom is 0.233 e. The van der Waals surface area contributed by atoms with Crippen LogP contribution in [0, 0.1) is 0 Å². The molecule has 0 radical (unpaired) electrons. The van der Waals surface area contributed by atoms with Crippen molar-refractivity contribution in [3.63, 3.8) is 0 Å². The largest absolute Gasteiger partial charge is 0.494 e. The van der Waals surface area contributed by atoms with E-state index >= 15 is 0 Å². The van der Waals surface area contributed by atoms with E-state index in [1.54, 1.807) is 24.3 Å². The van der Waals surface area contributed by atoms with Crippen LogP contribution in [0.1, 0.15) is 31.4 Å². The normalized spacial score (nSPS) is 11.9. The van der Waals surface area contributed by atoms with Crippen molar-refractivity contribution in [1.82, 2.24) is 5.43 Å². The van der Waals surface area contributed by atoms with Crippen molar-refractivity contribution in [3.05, 3.63) is 29.8 Å². The maximum atomic E-state index is 10.9. The number of amides is 1. The molecule has 0 bridgehead atoms. The van der Waals surface area contributed by atoms with Gasteiger partial charge in [-0.05, 0) is 31.0 Å². The van der Waals surface area contributed by atoms with Crippen LogP contribution in [-0.2, 0) is 4.79 Å². The van der Waals surface area contributed by atoms with Crippen LogP contribution < -0.4 is 16.0 Å². The lowest BCUT2D eigenvalue weighted by atomic mass is 10.0. The summed E-state index contributed by atoms with van der Waals surface area (Å²) in [6, 6.07) is 7.17. The summed E-state index contributed by atoms with van der Waals surface area (Å²) in [6.07, 6.45) is -0.120. The van der Waals surface area contributed by atoms with Crippen LogP contribution in [0.15, 0.2) is 24.3 Å². The fourth-order valence-electron chi connectivity index (χ4n) is 1.46. The molecule has 1 atom stereocenters. The van der Waals surface area contributed by atoms with E-state index in [2.05, 4.69) is 0 Å². The summed E-state index contributed by atoms with van der Waals surface area (Å²) >= 11 is 0. The van der Waals surface area contributed by atoms with Crippen LogP contribution in [0.2, 0.25) is 0 Å². The van der Waals surface area contributed by atoms with Crippen molar-refractivity contribution >= 4 is 5.91 Å². The lowest BCUT2D eigenvalue weighted by molar-refractivity contribution is -0.121. The minimum atomic E-state index is -0.664. The second-order valence-corrected chi connectivity index (χ2v) is 3.62. The molecule has 1 rings (SSSR count). The molecule has 5 nitrogen and oxygen atoms in total. The fraction of sp³-hybridized carbons (Fsp3) is 0.417. The lowest BCUT2D eigenvalue weighted by Gasteiger charge is -2.11. The van der Waals surface area contributed by atoms with Gasteiger partial charge in [-0.2, -0.15) is 0 Å². The molecule has 1 unspecified atom stereocenters. The first kappa shape index (κ1) is 13.5. The van der Waals surface area contributed by atoms with Crippen LogP contribution in [0.5, 0.6) is 5.75 Å². The molecule has 1 aromatic carbocycles. The summed E-state index contributed by atoms with van der Waals surface area (Å²) in [7, 11) is 0. The molecule has 5 heteroatoms. The Labute approximate surface area is 101 Å². The third-order valence-corrected chi connectivity index (χ3v) is 2.38. The number of benzene rings is 1. The average molecular weight is 238 g/mol. The summed E-state index contributed by atoms with van der Waals surface area (Å²) in [6.45, 7) is 2.52. The number of rotatable bonds is 6. The van der Waals surface area contributed by atoms with Gasteiger partial charge in [0.05, 0.1) is 12.7 Å². The molecule has 0 heterocycles. The van der Waals surface area contributed by atoms with Crippen molar-refractivity contribution in [2.45, 2.75) is 25.9 Å². The lowest BCUT2D eigenvalue weighted by Crippen LogP contribution is -2.30. The predicted molar refractivity (Wildman–Crippen MR) is 64.1 cm³/mol. The maximum absolute atomic E-state index is 10.9. The zero-order valence-corrected chi connectivity index (χ0v) is 9.85. The van der Waals surface area contributed by atoms with Gasteiger partial charge in [-0.3, -0.25) is 10.2 Å². The molecule has 0 saturated carbocycles. The Morgan fingerprint density at radius 3 is 2.65 bits per heavy atom. The van der Waals surface area contributed by atoms with Gasteiger partial charge in [-0.15, -0.1) is 0 Å². The Morgan fingerprint density at radius 1 is 1.47 bits per heavy atom. The quantitative estimate of drug-likeness (QED) is 0.390. The number of hydrogen-bond donors (Lipinski definition) is 3. The van der Waals surface area contributed by atoms with E-state index < -0.39 is 6.10 Å². The summed E-state index contributed by atoms with van der Waals surface area (Å²) in [5.74, 6) is 5.44. The van der Waals surface area contributed by atoms with E-state index in [0.717, 1.165) is 11.3 Å². The topological polar surface area (TPSA) is 84.6 Å². The molecule has 1 amide bonds. The van der Waals surface area contributed by atoms with Gasteiger partial charge in [-0.25, -0.2) is 5.84 Å².